The van der Waals surface area contributed by atoms with Gasteiger partial charge in [0.2, 0.25) is 0 Å². The van der Waals surface area contributed by atoms with Crippen LogP contribution >= 0.6 is 11.8 Å². The van der Waals surface area contributed by atoms with E-state index >= 15 is 0 Å². The highest BCUT2D eigenvalue weighted by Crippen LogP contribution is 2.39. The number of nitrogens with zero attached hydrogens (tertiary/aromatic N) is 4. The van der Waals surface area contributed by atoms with Crippen LogP contribution in [0.3, 0.4) is 0 Å². The Hall–Kier alpha value is -3.60. The van der Waals surface area contributed by atoms with Crippen LogP contribution in [0.1, 0.15) is 19.4 Å². The van der Waals surface area contributed by atoms with Crippen molar-refractivity contribution < 1.29 is 22.8 Å². The molecule has 1 saturated heterocycles. The highest BCUT2D eigenvalue weighted by atomic mass is 32.2. The number of hydrogen-bond acceptors (Lipinski definition) is 6. The van der Waals surface area contributed by atoms with Gasteiger partial charge in [0.25, 0.3) is 5.91 Å². The molecular formula is C23H20F3N5O2S. The number of pyridine rings is 2. The second kappa shape index (κ2) is 8.98. The standard InChI is InChI=1S/C23H20F3N5O2S/c1-22(2)20(32)31(17-5-7-18(8-6-17)34-23(24,25)26)21(33)30(22)14-15-9-11-28-19(12-15)29-16-4-3-10-27-13-16/h3-13H,14H2,1-2H3,(H,28,29). The zero-order valence-corrected chi connectivity index (χ0v) is 19.0. The fourth-order valence-corrected chi connectivity index (χ4v) is 4.07. The number of anilines is 3. The van der Waals surface area contributed by atoms with E-state index in [0.29, 0.717) is 5.82 Å². The molecule has 4 rings (SSSR count). The number of halogens is 3. The molecule has 0 atom stereocenters. The quantitative estimate of drug-likeness (QED) is 0.361. The minimum absolute atomic E-state index is 0.0307. The van der Waals surface area contributed by atoms with E-state index in [4.69, 9.17) is 0 Å². The summed E-state index contributed by atoms with van der Waals surface area (Å²) in [5.41, 5.74) is -3.87. The van der Waals surface area contributed by atoms with Gasteiger partial charge in [0.15, 0.2) is 0 Å². The second-order valence-electron chi connectivity index (χ2n) is 8.03. The summed E-state index contributed by atoms with van der Waals surface area (Å²) in [6.07, 6.45) is 4.90. The van der Waals surface area contributed by atoms with Gasteiger partial charge in [0.05, 0.1) is 17.6 Å². The molecule has 1 N–H and O–H groups in total. The summed E-state index contributed by atoms with van der Waals surface area (Å²) < 4.78 is 37.8. The van der Waals surface area contributed by atoms with Crippen LogP contribution in [0.5, 0.6) is 0 Å². The number of alkyl halides is 3. The first-order chi connectivity index (χ1) is 16.0. The van der Waals surface area contributed by atoms with Crippen molar-refractivity contribution in [2.45, 2.75) is 36.3 Å². The lowest BCUT2D eigenvalue weighted by Gasteiger charge is -2.27. The van der Waals surface area contributed by atoms with Crippen molar-refractivity contribution in [1.29, 1.82) is 0 Å². The van der Waals surface area contributed by atoms with E-state index in [1.165, 1.54) is 29.2 Å². The minimum Gasteiger partial charge on any atom is -0.339 e. The highest BCUT2D eigenvalue weighted by Gasteiger charge is 2.51. The highest BCUT2D eigenvalue weighted by molar-refractivity contribution is 8.00. The van der Waals surface area contributed by atoms with Crippen LogP contribution in [0.15, 0.2) is 72.0 Å². The normalized spacial score (nSPS) is 15.7. The Kier molecular flexibility index (Phi) is 6.22. The van der Waals surface area contributed by atoms with E-state index in [-0.39, 0.29) is 28.9 Å². The lowest BCUT2D eigenvalue weighted by molar-refractivity contribution is -0.123. The zero-order chi connectivity index (χ0) is 24.5. The molecular weight excluding hydrogens is 467 g/mol. The van der Waals surface area contributed by atoms with Crippen LogP contribution in [0.25, 0.3) is 0 Å². The molecule has 1 aliphatic rings. The van der Waals surface area contributed by atoms with Crippen molar-refractivity contribution in [1.82, 2.24) is 14.9 Å². The van der Waals surface area contributed by atoms with Gasteiger partial charge in [-0.3, -0.25) is 9.78 Å². The molecule has 3 heterocycles. The molecule has 0 spiro atoms. The van der Waals surface area contributed by atoms with E-state index in [1.807, 2.05) is 6.07 Å². The molecule has 1 aliphatic heterocycles. The fourth-order valence-electron chi connectivity index (χ4n) is 3.53. The Labute approximate surface area is 198 Å². The molecule has 3 amide bonds. The second-order valence-corrected chi connectivity index (χ2v) is 9.16. The maximum Gasteiger partial charge on any atom is 0.446 e. The number of amides is 3. The Morgan fingerprint density at radius 1 is 1.06 bits per heavy atom. The molecule has 0 saturated carbocycles. The van der Waals surface area contributed by atoms with Gasteiger partial charge >= 0.3 is 11.5 Å². The number of hydrogen-bond donors (Lipinski definition) is 1. The third-order valence-corrected chi connectivity index (χ3v) is 5.99. The van der Waals surface area contributed by atoms with Crippen molar-refractivity contribution >= 4 is 40.9 Å². The van der Waals surface area contributed by atoms with Crippen molar-refractivity contribution in [3.63, 3.8) is 0 Å². The maximum atomic E-state index is 13.2. The number of thioether (sulfide) groups is 1. The predicted molar refractivity (Wildman–Crippen MR) is 123 cm³/mol. The van der Waals surface area contributed by atoms with Crippen molar-refractivity contribution in [2.24, 2.45) is 0 Å². The number of carbonyl (C=O) groups is 2. The summed E-state index contributed by atoms with van der Waals surface area (Å²) in [5.74, 6) is 0.0902. The summed E-state index contributed by atoms with van der Waals surface area (Å²) in [4.78, 5) is 37.0. The minimum atomic E-state index is -4.42. The Balaban J connectivity index is 1.54. The zero-order valence-electron chi connectivity index (χ0n) is 18.2. The Bertz CT molecular complexity index is 1200. The monoisotopic (exact) mass is 487 g/mol. The van der Waals surface area contributed by atoms with Crippen LogP contribution in [0, 0.1) is 0 Å². The van der Waals surface area contributed by atoms with Gasteiger partial charge in [-0.1, -0.05) is 0 Å². The summed E-state index contributed by atoms with van der Waals surface area (Å²) in [6.45, 7) is 3.41. The molecule has 176 valence electrons. The topological polar surface area (TPSA) is 78.4 Å². The first-order valence-electron chi connectivity index (χ1n) is 10.2. The molecule has 1 aromatic carbocycles. The van der Waals surface area contributed by atoms with E-state index in [1.54, 1.807) is 50.6 Å². The lowest BCUT2D eigenvalue weighted by Crippen LogP contribution is -2.43. The van der Waals surface area contributed by atoms with Gasteiger partial charge in [0.1, 0.15) is 11.4 Å². The Morgan fingerprint density at radius 2 is 1.79 bits per heavy atom. The number of nitrogens with one attached hydrogen (secondary N) is 1. The van der Waals surface area contributed by atoms with Gasteiger partial charge < -0.3 is 10.2 Å². The van der Waals surface area contributed by atoms with Crippen molar-refractivity contribution in [3.05, 3.63) is 72.7 Å². The summed E-state index contributed by atoms with van der Waals surface area (Å²) in [6, 6.07) is 11.7. The molecule has 7 nitrogen and oxygen atoms in total. The Morgan fingerprint density at radius 3 is 2.44 bits per heavy atom. The van der Waals surface area contributed by atoms with Crippen LogP contribution in [-0.4, -0.2) is 37.9 Å². The van der Waals surface area contributed by atoms with Gasteiger partial charge in [-0.2, -0.15) is 13.2 Å². The van der Waals surface area contributed by atoms with Crippen LogP contribution < -0.4 is 10.2 Å². The average molecular weight is 488 g/mol. The van der Waals surface area contributed by atoms with E-state index in [0.717, 1.165) is 16.2 Å². The van der Waals surface area contributed by atoms with E-state index < -0.39 is 23.0 Å². The first kappa shape index (κ1) is 23.6. The number of imide groups is 1. The van der Waals surface area contributed by atoms with Gasteiger partial charge in [-0.25, -0.2) is 14.7 Å². The molecule has 11 heteroatoms. The summed E-state index contributed by atoms with van der Waals surface area (Å²) in [5, 5.41) is 3.13. The molecule has 2 aromatic heterocycles. The SMILES string of the molecule is CC1(C)C(=O)N(c2ccc(SC(F)(F)F)cc2)C(=O)N1Cc1ccnc(Nc2cccnc2)c1. The number of carbonyl (C=O) groups excluding carboxylic acids is 2. The largest absolute Gasteiger partial charge is 0.446 e. The number of benzene rings is 1. The molecule has 34 heavy (non-hydrogen) atoms. The summed E-state index contributed by atoms with van der Waals surface area (Å²) >= 11 is -0.257. The predicted octanol–water partition coefficient (Wildman–Crippen LogP) is 5.58. The molecule has 0 radical (unpaired) electrons. The summed E-state index contributed by atoms with van der Waals surface area (Å²) in [7, 11) is 0. The number of aromatic nitrogens is 2. The number of urea groups is 1. The van der Waals surface area contributed by atoms with Gasteiger partial charge in [-0.15, -0.1) is 0 Å². The van der Waals surface area contributed by atoms with Crippen molar-refractivity contribution in [2.75, 3.05) is 10.2 Å². The smallest absolute Gasteiger partial charge is 0.339 e. The van der Waals surface area contributed by atoms with Crippen LogP contribution in [0.2, 0.25) is 0 Å². The number of rotatable bonds is 6. The fraction of sp³-hybridized carbons (Fsp3) is 0.217. The lowest BCUT2D eigenvalue weighted by atomic mass is 10.0. The van der Waals surface area contributed by atoms with E-state index in [9.17, 15) is 22.8 Å². The third kappa shape index (κ3) is 4.98. The van der Waals surface area contributed by atoms with Gasteiger partial charge in [0, 0.05) is 23.8 Å². The molecule has 0 unspecified atom stereocenters. The molecule has 3 aromatic rings. The van der Waals surface area contributed by atoms with E-state index in [2.05, 4.69) is 15.3 Å². The third-order valence-electron chi connectivity index (χ3n) is 5.25. The maximum absolute atomic E-state index is 13.2. The average Bonchev–Trinajstić information content (AvgIpc) is 2.94. The molecule has 1 fully saturated rings. The van der Waals surface area contributed by atoms with Crippen LogP contribution in [-0.2, 0) is 11.3 Å². The van der Waals surface area contributed by atoms with Crippen molar-refractivity contribution in [3.8, 4) is 0 Å². The molecule has 0 bridgehead atoms. The first-order valence-corrected chi connectivity index (χ1v) is 11.0. The van der Waals surface area contributed by atoms with Crippen LogP contribution in [0.4, 0.5) is 35.2 Å². The van der Waals surface area contributed by atoms with Gasteiger partial charge in [-0.05, 0) is 79.7 Å². The molecule has 0 aliphatic carbocycles.